The normalized spacial score (nSPS) is 11.5. The van der Waals surface area contributed by atoms with Gasteiger partial charge in [-0.3, -0.25) is 4.72 Å². The summed E-state index contributed by atoms with van der Waals surface area (Å²) in [5, 5.41) is 0. The quantitative estimate of drug-likeness (QED) is 0.788. The first-order valence-corrected chi connectivity index (χ1v) is 8.05. The summed E-state index contributed by atoms with van der Waals surface area (Å²) in [5.41, 5.74) is 1.25. The van der Waals surface area contributed by atoms with Gasteiger partial charge >= 0.3 is 0 Å². The van der Waals surface area contributed by atoms with Crippen LogP contribution in [0.1, 0.15) is 0 Å². The van der Waals surface area contributed by atoms with Gasteiger partial charge in [-0.15, -0.1) is 0 Å². The molecule has 21 heavy (non-hydrogen) atoms. The van der Waals surface area contributed by atoms with Crippen molar-refractivity contribution in [3.05, 3.63) is 36.5 Å². The van der Waals surface area contributed by atoms with Crippen molar-refractivity contribution in [2.45, 2.75) is 4.90 Å². The van der Waals surface area contributed by atoms with E-state index in [1.165, 1.54) is 19.4 Å². The van der Waals surface area contributed by atoms with Crippen LogP contribution in [0.2, 0.25) is 0 Å². The van der Waals surface area contributed by atoms with Crippen molar-refractivity contribution in [1.29, 1.82) is 0 Å². The molecule has 0 atom stereocenters. The van der Waals surface area contributed by atoms with Crippen molar-refractivity contribution in [1.82, 2.24) is 13.7 Å². The van der Waals surface area contributed by atoms with E-state index in [9.17, 15) is 8.42 Å². The number of hydrogen-bond donors (Lipinski definition) is 1. The third-order valence-corrected chi connectivity index (χ3v) is 4.69. The van der Waals surface area contributed by atoms with E-state index in [0.29, 0.717) is 22.6 Å². The minimum absolute atomic E-state index is 0.0876. The van der Waals surface area contributed by atoms with Gasteiger partial charge in [0.05, 0.1) is 30.7 Å². The van der Waals surface area contributed by atoms with Gasteiger partial charge in [0, 0.05) is 6.07 Å². The molecular formula is C12H10N4O3S2. The molecule has 9 heteroatoms. The lowest BCUT2D eigenvalue weighted by Gasteiger charge is -2.08. The molecule has 1 N–H and O–H groups in total. The molecule has 2 heterocycles. The predicted octanol–water partition coefficient (Wildman–Crippen LogP) is 1.90. The van der Waals surface area contributed by atoms with Crippen LogP contribution in [0.15, 0.2) is 41.4 Å². The fraction of sp³-hybridized carbons (Fsp3) is 0.0833. The summed E-state index contributed by atoms with van der Waals surface area (Å²) in [6, 6.07) is 7.98. The van der Waals surface area contributed by atoms with Crippen LogP contribution in [0.3, 0.4) is 0 Å². The Labute approximate surface area is 125 Å². The fourth-order valence-corrected chi connectivity index (χ4v) is 3.58. The average molecular weight is 322 g/mol. The number of sulfonamides is 1. The van der Waals surface area contributed by atoms with Crippen molar-refractivity contribution in [3.8, 4) is 5.88 Å². The molecular weight excluding hydrogens is 312 g/mol. The Bertz CT molecular complexity index is 875. The molecule has 2 aromatic heterocycles. The Kier molecular flexibility index (Phi) is 3.43. The lowest BCUT2D eigenvalue weighted by atomic mass is 10.3. The third kappa shape index (κ3) is 2.65. The van der Waals surface area contributed by atoms with E-state index in [-0.39, 0.29) is 4.90 Å². The second-order valence-electron chi connectivity index (χ2n) is 4.08. The largest absolute Gasteiger partial charge is 0.481 e. The van der Waals surface area contributed by atoms with Crippen molar-refractivity contribution in [2.24, 2.45) is 0 Å². The average Bonchev–Trinajstić information content (AvgIpc) is 2.95. The number of rotatable bonds is 4. The molecule has 0 radical (unpaired) electrons. The molecule has 108 valence electrons. The minimum Gasteiger partial charge on any atom is -0.481 e. The topological polar surface area (TPSA) is 94.1 Å². The fourth-order valence-electron chi connectivity index (χ4n) is 1.77. The molecule has 0 amide bonds. The van der Waals surface area contributed by atoms with Crippen LogP contribution in [-0.2, 0) is 10.0 Å². The van der Waals surface area contributed by atoms with E-state index < -0.39 is 10.0 Å². The zero-order valence-corrected chi connectivity index (χ0v) is 12.5. The number of nitrogens with zero attached hydrogens (tertiary/aromatic N) is 3. The number of methoxy groups -OCH3 is 1. The molecule has 0 unspecified atom stereocenters. The predicted molar refractivity (Wildman–Crippen MR) is 79.0 cm³/mol. The Morgan fingerprint density at radius 1 is 1.19 bits per heavy atom. The Hall–Kier alpha value is -2.26. The molecule has 0 aliphatic heterocycles. The van der Waals surface area contributed by atoms with E-state index in [1.807, 2.05) is 0 Å². The maximum atomic E-state index is 12.4. The highest BCUT2D eigenvalue weighted by molar-refractivity contribution is 7.93. The highest BCUT2D eigenvalue weighted by Crippen LogP contribution is 2.23. The van der Waals surface area contributed by atoms with Gasteiger partial charge in [0.1, 0.15) is 15.9 Å². The highest BCUT2D eigenvalue weighted by atomic mass is 32.2. The first-order chi connectivity index (χ1) is 10.1. The smallest absolute Gasteiger partial charge is 0.264 e. The SMILES string of the molecule is COc1ccc(NS(=O)(=O)c2cccc3nsnc23)cn1. The number of fused-ring (bicyclic) bond motifs is 1. The van der Waals surface area contributed by atoms with Crippen LogP contribution in [0.5, 0.6) is 5.88 Å². The first-order valence-electron chi connectivity index (χ1n) is 5.84. The zero-order chi connectivity index (χ0) is 14.9. The molecule has 0 bridgehead atoms. The van der Waals surface area contributed by atoms with Crippen LogP contribution < -0.4 is 9.46 Å². The van der Waals surface area contributed by atoms with E-state index in [4.69, 9.17) is 4.74 Å². The summed E-state index contributed by atoms with van der Waals surface area (Å²) >= 11 is 0.973. The van der Waals surface area contributed by atoms with Crippen LogP contribution >= 0.6 is 11.7 Å². The third-order valence-electron chi connectivity index (χ3n) is 2.74. The van der Waals surface area contributed by atoms with Crippen molar-refractivity contribution in [2.75, 3.05) is 11.8 Å². The van der Waals surface area contributed by atoms with Gasteiger partial charge in [-0.25, -0.2) is 13.4 Å². The van der Waals surface area contributed by atoms with E-state index in [0.717, 1.165) is 11.7 Å². The Morgan fingerprint density at radius 3 is 2.76 bits per heavy atom. The van der Waals surface area contributed by atoms with Crippen molar-refractivity contribution < 1.29 is 13.2 Å². The lowest BCUT2D eigenvalue weighted by Crippen LogP contribution is -2.13. The van der Waals surface area contributed by atoms with Gasteiger partial charge in [0.25, 0.3) is 10.0 Å². The number of nitrogens with one attached hydrogen (secondary N) is 1. The first kappa shape index (κ1) is 13.7. The van der Waals surface area contributed by atoms with E-state index in [1.54, 1.807) is 24.3 Å². The summed E-state index contributed by atoms with van der Waals surface area (Å²) in [5.74, 6) is 0.406. The molecule has 1 aromatic carbocycles. The second kappa shape index (κ2) is 5.26. The van der Waals surface area contributed by atoms with Crippen LogP contribution in [0, 0.1) is 0 Å². The summed E-state index contributed by atoms with van der Waals surface area (Å²) < 4.78 is 40.3. The van der Waals surface area contributed by atoms with Gasteiger partial charge in [-0.2, -0.15) is 8.75 Å². The zero-order valence-electron chi connectivity index (χ0n) is 10.8. The number of anilines is 1. The maximum Gasteiger partial charge on any atom is 0.264 e. The number of aromatic nitrogens is 3. The molecule has 0 aliphatic carbocycles. The highest BCUT2D eigenvalue weighted by Gasteiger charge is 2.19. The lowest BCUT2D eigenvalue weighted by molar-refractivity contribution is 0.398. The van der Waals surface area contributed by atoms with Crippen LogP contribution in [0.25, 0.3) is 11.0 Å². The van der Waals surface area contributed by atoms with Crippen molar-refractivity contribution in [3.63, 3.8) is 0 Å². The number of ether oxygens (including phenoxy) is 1. The monoisotopic (exact) mass is 322 g/mol. The van der Waals surface area contributed by atoms with Gasteiger partial charge in [0.2, 0.25) is 5.88 Å². The summed E-state index contributed by atoms with van der Waals surface area (Å²) in [6.45, 7) is 0. The van der Waals surface area contributed by atoms with E-state index in [2.05, 4.69) is 18.5 Å². The molecule has 0 fully saturated rings. The molecule has 0 saturated heterocycles. The van der Waals surface area contributed by atoms with E-state index >= 15 is 0 Å². The summed E-state index contributed by atoms with van der Waals surface area (Å²) in [4.78, 5) is 4.04. The van der Waals surface area contributed by atoms with Gasteiger partial charge in [0.15, 0.2) is 0 Å². The summed E-state index contributed by atoms with van der Waals surface area (Å²) in [6.07, 6.45) is 1.38. The Morgan fingerprint density at radius 2 is 2.05 bits per heavy atom. The van der Waals surface area contributed by atoms with Gasteiger partial charge < -0.3 is 4.74 Å². The van der Waals surface area contributed by atoms with Crippen molar-refractivity contribution >= 4 is 38.5 Å². The number of benzene rings is 1. The second-order valence-corrected chi connectivity index (χ2v) is 6.26. The summed E-state index contributed by atoms with van der Waals surface area (Å²) in [7, 11) is -2.27. The number of hydrogen-bond acceptors (Lipinski definition) is 7. The Balaban J connectivity index is 1.98. The van der Waals surface area contributed by atoms with Gasteiger partial charge in [-0.05, 0) is 18.2 Å². The molecule has 3 rings (SSSR count). The van der Waals surface area contributed by atoms with Gasteiger partial charge in [-0.1, -0.05) is 6.07 Å². The van der Waals surface area contributed by atoms with Crippen LogP contribution in [-0.4, -0.2) is 29.3 Å². The molecule has 7 nitrogen and oxygen atoms in total. The molecule has 0 saturated carbocycles. The minimum atomic E-state index is -3.76. The molecule has 0 spiro atoms. The number of pyridine rings is 1. The molecule has 0 aliphatic rings. The molecule has 3 aromatic rings. The standard InChI is InChI=1S/C12H10N4O3S2/c1-19-11-6-5-8(7-13-11)16-21(17,18)10-4-2-3-9-12(10)15-20-14-9/h2-7,16H,1H3. The van der Waals surface area contributed by atoms with Crippen LogP contribution in [0.4, 0.5) is 5.69 Å². The maximum absolute atomic E-state index is 12.4.